The summed E-state index contributed by atoms with van der Waals surface area (Å²) >= 11 is 0. The molecule has 1 aliphatic rings. The Balaban J connectivity index is 2.19. The first-order valence-electron chi connectivity index (χ1n) is 8.36. The summed E-state index contributed by atoms with van der Waals surface area (Å²) in [4.78, 5) is 28.5. The summed E-state index contributed by atoms with van der Waals surface area (Å²) in [5, 5.41) is 2.69. The van der Waals surface area contributed by atoms with Gasteiger partial charge in [-0.1, -0.05) is 18.2 Å². The fraction of sp³-hybridized carbons (Fsp3) is 0.556. The Bertz CT molecular complexity index is 606. The molecule has 0 bridgehead atoms. The number of hydrogen-bond acceptors (Lipinski definition) is 5. The van der Waals surface area contributed by atoms with Crippen LogP contribution in [-0.2, 0) is 20.9 Å². The maximum absolute atomic E-state index is 13.0. The zero-order valence-electron chi connectivity index (χ0n) is 15.3. The molecule has 1 aromatic rings. The summed E-state index contributed by atoms with van der Waals surface area (Å²) in [7, 11) is 5.37. The van der Waals surface area contributed by atoms with Crippen molar-refractivity contribution in [2.24, 2.45) is 0 Å². The average molecular weight is 349 g/mol. The molecular formula is C18H27N3O4. The van der Waals surface area contributed by atoms with Crippen molar-refractivity contribution in [1.82, 2.24) is 15.1 Å². The Morgan fingerprint density at radius 1 is 1.40 bits per heavy atom. The Labute approximate surface area is 148 Å². The molecule has 1 heterocycles. The van der Waals surface area contributed by atoms with Gasteiger partial charge in [0.25, 0.3) is 0 Å². The van der Waals surface area contributed by atoms with Crippen LogP contribution in [-0.4, -0.2) is 74.7 Å². The summed E-state index contributed by atoms with van der Waals surface area (Å²) in [5.74, 6) is 0.369. The molecule has 25 heavy (non-hydrogen) atoms. The largest absolute Gasteiger partial charge is 0.491 e. The van der Waals surface area contributed by atoms with Crippen LogP contribution in [0.2, 0.25) is 0 Å². The van der Waals surface area contributed by atoms with E-state index in [0.29, 0.717) is 19.7 Å². The second-order valence-electron chi connectivity index (χ2n) is 6.52. The van der Waals surface area contributed by atoms with E-state index in [0.717, 1.165) is 11.3 Å². The van der Waals surface area contributed by atoms with Crippen molar-refractivity contribution in [2.45, 2.75) is 25.6 Å². The van der Waals surface area contributed by atoms with Gasteiger partial charge in [0, 0.05) is 25.8 Å². The smallest absolute Gasteiger partial charge is 0.246 e. The van der Waals surface area contributed by atoms with E-state index < -0.39 is 6.04 Å². The van der Waals surface area contributed by atoms with Crippen LogP contribution in [0.5, 0.6) is 5.75 Å². The number of benzene rings is 1. The zero-order chi connectivity index (χ0) is 18.4. The van der Waals surface area contributed by atoms with Crippen molar-refractivity contribution < 1.29 is 19.1 Å². The molecule has 2 rings (SSSR count). The molecule has 7 nitrogen and oxygen atoms in total. The predicted molar refractivity (Wildman–Crippen MR) is 94.3 cm³/mol. The molecule has 1 N–H and O–H groups in total. The van der Waals surface area contributed by atoms with Crippen LogP contribution in [0.15, 0.2) is 24.3 Å². The Morgan fingerprint density at radius 3 is 2.80 bits per heavy atom. The van der Waals surface area contributed by atoms with Crippen molar-refractivity contribution in [3.63, 3.8) is 0 Å². The first-order chi connectivity index (χ1) is 11.9. The SMILES string of the molecule is COCC(=O)N[C@H](C)C(=O)N1Cc2ccccc2OC[C@@H]1CN(C)C. The lowest BCUT2D eigenvalue weighted by atomic mass is 10.1. The number of hydrogen-bond donors (Lipinski definition) is 1. The van der Waals surface area contributed by atoms with E-state index in [1.165, 1.54) is 7.11 Å². The van der Waals surface area contributed by atoms with Crippen LogP contribution >= 0.6 is 0 Å². The van der Waals surface area contributed by atoms with E-state index in [4.69, 9.17) is 9.47 Å². The van der Waals surface area contributed by atoms with E-state index in [-0.39, 0.29) is 24.5 Å². The number of methoxy groups -OCH3 is 1. The van der Waals surface area contributed by atoms with Crippen LogP contribution in [0.4, 0.5) is 0 Å². The molecule has 0 unspecified atom stereocenters. The van der Waals surface area contributed by atoms with E-state index in [2.05, 4.69) is 5.32 Å². The van der Waals surface area contributed by atoms with Gasteiger partial charge in [-0.25, -0.2) is 0 Å². The van der Waals surface area contributed by atoms with Crippen LogP contribution in [0.3, 0.4) is 0 Å². The van der Waals surface area contributed by atoms with Gasteiger partial charge in [-0.05, 0) is 27.1 Å². The van der Waals surface area contributed by atoms with Gasteiger partial charge < -0.3 is 24.6 Å². The van der Waals surface area contributed by atoms with Gasteiger partial charge in [0.15, 0.2) is 0 Å². The number of amides is 2. The van der Waals surface area contributed by atoms with Crippen LogP contribution in [0.25, 0.3) is 0 Å². The molecule has 0 radical (unpaired) electrons. The number of nitrogens with one attached hydrogen (secondary N) is 1. The zero-order valence-corrected chi connectivity index (χ0v) is 15.3. The summed E-state index contributed by atoms with van der Waals surface area (Å²) in [5.41, 5.74) is 0.965. The third-order valence-electron chi connectivity index (χ3n) is 4.07. The number of carbonyl (C=O) groups is 2. The van der Waals surface area contributed by atoms with Crippen molar-refractivity contribution in [3.05, 3.63) is 29.8 Å². The van der Waals surface area contributed by atoms with Gasteiger partial charge in [0.1, 0.15) is 25.0 Å². The minimum absolute atomic E-state index is 0.0648. The lowest BCUT2D eigenvalue weighted by Crippen LogP contribution is -2.54. The molecule has 0 fully saturated rings. The molecule has 0 saturated heterocycles. The normalized spacial score (nSPS) is 18.1. The molecule has 138 valence electrons. The van der Waals surface area contributed by atoms with E-state index in [1.807, 2.05) is 43.3 Å². The molecule has 0 aliphatic carbocycles. The highest BCUT2D eigenvalue weighted by Gasteiger charge is 2.32. The minimum Gasteiger partial charge on any atom is -0.491 e. The number of fused-ring (bicyclic) bond motifs is 1. The summed E-state index contributed by atoms with van der Waals surface area (Å²) < 4.78 is 10.7. The number of rotatable bonds is 6. The lowest BCUT2D eigenvalue weighted by Gasteiger charge is -2.33. The summed E-state index contributed by atoms with van der Waals surface area (Å²) in [6, 6.07) is 7.00. The van der Waals surface area contributed by atoms with Crippen molar-refractivity contribution in [2.75, 3.05) is 41.0 Å². The maximum Gasteiger partial charge on any atom is 0.246 e. The highest BCUT2D eigenvalue weighted by molar-refractivity contribution is 5.88. The second-order valence-corrected chi connectivity index (χ2v) is 6.52. The molecule has 2 atom stereocenters. The van der Waals surface area contributed by atoms with Gasteiger partial charge in [0.05, 0.1) is 6.04 Å². The predicted octanol–water partition coefficient (Wildman–Crippen LogP) is 0.489. The number of nitrogens with zero attached hydrogens (tertiary/aromatic N) is 2. The average Bonchev–Trinajstić information content (AvgIpc) is 2.73. The van der Waals surface area contributed by atoms with Crippen LogP contribution < -0.4 is 10.1 Å². The topological polar surface area (TPSA) is 71.1 Å². The van der Waals surface area contributed by atoms with Crippen molar-refractivity contribution in [1.29, 1.82) is 0 Å². The molecule has 0 aromatic heterocycles. The standard InChI is InChI=1S/C18H27N3O4/c1-13(19-17(22)12-24-4)18(23)21-9-14-7-5-6-8-16(14)25-11-15(21)10-20(2)3/h5-8,13,15H,9-12H2,1-4H3,(H,19,22)/t13-,15+/m1/s1. The van der Waals surface area contributed by atoms with Gasteiger partial charge in [-0.2, -0.15) is 0 Å². The Morgan fingerprint density at radius 2 is 2.12 bits per heavy atom. The number of para-hydroxylation sites is 1. The minimum atomic E-state index is -0.627. The van der Waals surface area contributed by atoms with Gasteiger partial charge >= 0.3 is 0 Å². The fourth-order valence-electron chi connectivity index (χ4n) is 2.92. The van der Waals surface area contributed by atoms with Crippen LogP contribution in [0, 0.1) is 0 Å². The summed E-state index contributed by atoms with van der Waals surface area (Å²) in [6.07, 6.45) is 0. The van der Waals surface area contributed by atoms with E-state index in [1.54, 1.807) is 11.8 Å². The molecule has 0 saturated carbocycles. The molecule has 0 spiro atoms. The molecule has 2 amide bonds. The molecule has 7 heteroatoms. The molecule has 1 aromatic carbocycles. The molecular weight excluding hydrogens is 322 g/mol. The third kappa shape index (κ3) is 5.17. The van der Waals surface area contributed by atoms with Crippen molar-refractivity contribution in [3.8, 4) is 5.75 Å². The second kappa shape index (κ2) is 8.82. The van der Waals surface area contributed by atoms with Gasteiger partial charge in [0.2, 0.25) is 11.8 Å². The number of carbonyl (C=O) groups excluding carboxylic acids is 2. The van der Waals surface area contributed by atoms with Crippen molar-refractivity contribution >= 4 is 11.8 Å². The number of ether oxygens (including phenoxy) is 2. The van der Waals surface area contributed by atoms with E-state index >= 15 is 0 Å². The highest BCUT2D eigenvalue weighted by atomic mass is 16.5. The quantitative estimate of drug-likeness (QED) is 0.809. The van der Waals surface area contributed by atoms with Gasteiger partial charge in [-0.3, -0.25) is 9.59 Å². The lowest BCUT2D eigenvalue weighted by molar-refractivity contribution is -0.139. The Hall–Kier alpha value is -2.12. The monoisotopic (exact) mass is 349 g/mol. The Kier molecular flexibility index (Phi) is 6.78. The van der Waals surface area contributed by atoms with Crippen LogP contribution in [0.1, 0.15) is 12.5 Å². The molecule has 1 aliphatic heterocycles. The first-order valence-corrected chi connectivity index (χ1v) is 8.36. The van der Waals surface area contributed by atoms with E-state index in [9.17, 15) is 9.59 Å². The fourth-order valence-corrected chi connectivity index (χ4v) is 2.92. The summed E-state index contributed by atoms with van der Waals surface area (Å²) in [6.45, 7) is 3.18. The van der Waals surface area contributed by atoms with Gasteiger partial charge in [-0.15, -0.1) is 0 Å². The number of likely N-dealkylation sites (N-methyl/N-ethyl adjacent to an activating group) is 1. The highest BCUT2D eigenvalue weighted by Crippen LogP contribution is 2.25. The third-order valence-corrected chi connectivity index (χ3v) is 4.07. The first kappa shape index (κ1) is 19.2. The maximum atomic E-state index is 13.0.